The molecule has 0 aromatic heterocycles. The molecule has 1 aromatic carbocycles. The second-order valence-corrected chi connectivity index (χ2v) is 5.45. The Morgan fingerprint density at radius 1 is 1.38 bits per heavy atom. The van der Waals surface area contributed by atoms with Gasteiger partial charge in [0.15, 0.2) is 5.78 Å². The maximum absolute atomic E-state index is 11.4. The van der Waals surface area contributed by atoms with Gasteiger partial charge in [-0.25, -0.2) is 0 Å². The van der Waals surface area contributed by atoms with Gasteiger partial charge in [-0.1, -0.05) is 23.2 Å². The summed E-state index contributed by atoms with van der Waals surface area (Å²) in [5, 5.41) is 1.14. The number of hydrogen-bond donors (Lipinski definition) is 0. The standard InChI is InChI=1S/C8H3Cl2IOS/c9-3-1-4(10)8-6(7(3)11)5(12)2-13-8/h1H,2H2. The summed E-state index contributed by atoms with van der Waals surface area (Å²) >= 11 is 15.4. The summed E-state index contributed by atoms with van der Waals surface area (Å²) in [7, 11) is 0. The predicted octanol–water partition coefficient (Wildman–Crippen LogP) is 3.89. The fourth-order valence-electron chi connectivity index (χ4n) is 1.18. The number of carbonyl (C=O) groups excluding carboxylic acids is 1. The third-order valence-electron chi connectivity index (χ3n) is 1.75. The van der Waals surface area contributed by atoms with Crippen LogP contribution in [0.2, 0.25) is 10.0 Å². The molecule has 0 radical (unpaired) electrons. The SMILES string of the molecule is O=C1CSc2c(Cl)cc(Cl)c(I)c21. The second kappa shape index (κ2) is 3.61. The van der Waals surface area contributed by atoms with Crippen LogP contribution in [-0.2, 0) is 0 Å². The number of rotatable bonds is 0. The van der Waals surface area contributed by atoms with Crippen LogP contribution in [0.1, 0.15) is 10.4 Å². The van der Waals surface area contributed by atoms with Gasteiger partial charge in [-0.15, -0.1) is 11.8 Å². The molecule has 1 aromatic rings. The van der Waals surface area contributed by atoms with Crippen LogP contribution in [-0.4, -0.2) is 11.5 Å². The minimum Gasteiger partial charge on any atom is -0.293 e. The summed E-state index contributed by atoms with van der Waals surface area (Å²) in [5.41, 5.74) is 0.697. The first kappa shape index (κ1) is 10.1. The van der Waals surface area contributed by atoms with Gasteiger partial charge in [0, 0.05) is 14.0 Å². The number of thioether (sulfide) groups is 1. The molecular formula is C8H3Cl2IOS. The van der Waals surface area contributed by atoms with E-state index in [0.29, 0.717) is 21.4 Å². The van der Waals surface area contributed by atoms with Crippen molar-refractivity contribution in [2.24, 2.45) is 0 Å². The highest BCUT2D eigenvalue weighted by molar-refractivity contribution is 14.1. The number of carbonyl (C=O) groups is 1. The van der Waals surface area contributed by atoms with Crippen LogP contribution in [0.4, 0.5) is 0 Å². The molecule has 2 rings (SSSR count). The number of Topliss-reactive ketones (excluding diaryl/α,β-unsaturated/α-hetero) is 1. The molecule has 0 saturated heterocycles. The highest BCUT2D eigenvalue weighted by Crippen LogP contribution is 2.42. The summed E-state index contributed by atoms with van der Waals surface area (Å²) in [6.07, 6.45) is 0. The molecule has 1 aliphatic heterocycles. The van der Waals surface area contributed by atoms with Crippen LogP contribution in [0.5, 0.6) is 0 Å². The van der Waals surface area contributed by atoms with Gasteiger partial charge >= 0.3 is 0 Å². The number of halogens is 3. The number of fused-ring (bicyclic) bond motifs is 1. The molecule has 0 fully saturated rings. The maximum atomic E-state index is 11.4. The highest BCUT2D eigenvalue weighted by atomic mass is 127. The van der Waals surface area contributed by atoms with Gasteiger partial charge in [-0.2, -0.15) is 0 Å². The fraction of sp³-hybridized carbons (Fsp3) is 0.125. The normalized spacial score (nSPS) is 14.8. The molecule has 1 nitrogen and oxygen atoms in total. The van der Waals surface area contributed by atoms with Crippen LogP contribution < -0.4 is 0 Å². The Morgan fingerprint density at radius 2 is 2.08 bits per heavy atom. The van der Waals surface area contributed by atoms with Crippen LogP contribution in [0, 0.1) is 3.57 Å². The largest absolute Gasteiger partial charge is 0.293 e. The van der Waals surface area contributed by atoms with Gasteiger partial charge < -0.3 is 0 Å². The Balaban J connectivity index is 2.77. The van der Waals surface area contributed by atoms with Crippen molar-refractivity contribution in [3.05, 3.63) is 25.2 Å². The zero-order valence-electron chi connectivity index (χ0n) is 6.23. The van der Waals surface area contributed by atoms with E-state index >= 15 is 0 Å². The third kappa shape index (κ3) is 1.60. The van der Waals surface area contributed by atoms with E-state index in [1.807, 2.05) is 0 Å². The second-order valence-electron chi connectivity index (χ2n) is 2.57. The molecule has 0 aliphatic carbocycles. The third-order valence-corrected chi connectivity index (χ3v) is 5.02. The molecule has 0 saturated carbocycles. The van der Waals surface area contributed by atoms with E-state index in [9.17, 15) is 4.79 Å². The summed E-state index contributed by atoms with van der Waals surface area (Å²) in [4.78, 5) is 12.3. The molecule has 0 unspecified atom stereocenters. The van der Waals surface area contributed by atoms with E-state index in [4.69, 9.17) is 23.2 Å². The van der Waals surface area contributed by atoms with Crippen molar-refractivity contribution in [1.82, 2.24) is 0 Å². The van der Waals surface area contributed by atoms with Crippen LogP contribution in [0.3, 0.4) is 0 Å². The summed E-state index contributed by atoms with van der Waals surface area (Å²) < 4.78 is 0.814. The van der Waals surface area contributed by atoms with E-state index in [1.54, 1.807) is 6.07 Å². The molecule has 1 heterocycles. The van der Waals surface area contributed by atoms with Crippen molar-refractivity contribution < 1.29 is 4.79 Å². The zero-order chi connectivity index (χ0) is 9.59. The van der Waals surface area contributed by atoms with Gasteiger partial charge in [0.2, 0.25) is 0 Å². The van der Waals surface area contributed by atoms with E-state index < -0.39 is 0 Å². The van der Waals surface area contributed by atoms with Crippen LogP contribution in [0.15, 0.2) is 11.0 Å². The molecule has 0 N–H and O–H groups in total. The van der Waals surface area contributed by atoms with E-state index in [1.165, 1.54) is 11.8 Å². The lowest BCUT2D eigenvalue weighted by molar-refractivity contribution is 0.102. The minimum atomic E-state index is 0.119. The van der Waals surface area contributed by atoms with E-state index in [-0.39, 0.29) is 5.78 Å². The number of hydrogen-bond acceptors (Lipinski definition) is 2. The lowest BCUT2D eigenvalue weighted by atomic mass is 10.1. The van der Waals surface area contributed by atoms with Gasteiger partial charge in [-0.3, -0.25) is 4.79 Å². The van der Waals surface area contributed by atoms with Crippen molar-refractivity contribution in [1.29, 1.82) is 0 Å². The van der Waals surface area contributed by atoms with Crippen molar-refractivity contribution in [2.45, 2.75) is 4.90 Å². The predicted molar refractivity (Wildman–Crippen MR) is 64.2 cm³/mol. The monoisotopic (exact) mass is 344 g/mol. The molecule has 0 spiro atoms. The number of ketones is 1. The number of benzene rings is 1. The highest BCUT2D eigenvalue weighted by Gasteiger charge is 2.26. The van der Waals surface area contributed by atoms with Crippen molar-refractivity contribution >= 4 is 63.3 Å². The summed E-state index contributed by atoms with van der Waals surface area (Å²) in [6, 6.07) is 1.69. The average Bonchev–Trinajstić information content (AvgIpc) is 2.44. The van der Waals surface area contributed by atoms with Crippen molar-refractivity contribution in [3.8, 4) is 0 Å². The Bertz CT molecular complexity index is 406. The van der Waals surface area contributed by atoms with Crippen molar-refractivity contribution in [3.63, 3.8) is 0 Å². The Kier molecular flexibility index (Phi) is 2.80. The molecule has 0 bridgehead atoms. The quantitative estimate of drug-likeness (QED) is 0.524. The summed E-state index contributed by atoms with van der Waals surface area (Å²) in [6.45, 7) is 0. The Hall–Kier alpha value is 0.550. The zero-order valence-corrected chi connectivity index (χ0v) is 10.7. The molecule has 5 heteroatoms. The van der Waals surface area contributed by atoms with E-state index in [2.05, 4.69) is 22.6 Å². The van der Waals surface area contributed by atoms with Gasteiger partial charge in [-0.05, 0) is 28.7 Å². The van der Waals surface area contributed by atoms with Crippen LogP contribution >= 0.6 is 57.6 Å². The van der Waals surface area contributed by atoms with Gasteiger partial charge in [0.1, 0.15) is 0 Å². The van der Waals surface area contributed by atoms with E-state index in [0.717, 1.165) is 8.47 Å². The minimum absolute atomic E-state index is 0.119. The average molecular weight is 345 g/mol. The maximum Gasteiger partial charge on any atom is 0.175 e. The lowest BCUT2D eigenvalue weighted by Crippen LogP contribution is -1.98. The van der Waals surface area contributed by atoms with Gasteiger partial charge in [0.25, 0.3) is 0 Å². The molecule has 1 aliphatic rings. The fourth-order valence-corrected chi connectivity index (χ4v) is 3.69. The summed E-state index contributed by atoms with van der Waals surface area (Å²) in [5.74, 6) is 0.597. The topological polar surface area (TPSA) is 17.1 Å². The Labute approximate surface area is 103 Å². The first-order valence-electron chi connectivity index (χ1n) is 3.44. The molecule has 0 amide bonds. The van der Waals surface area contributed by atoms with Crippen molar-refractivity contribution in [2.75, 3.05) is 5.75 Å². The first-order valence-corrected chi connectivity index (χ1v) is 6.27. The van der Waals surface area contributed by atoms with Crippen LogP contribution in [0.25, 0.3) is 0 Å². The molecule has 13 heavy (non-hydrogen) atoms. The lowest BCUT2D eigenvalue weighted by Gasteiger charge is -2.04. The smallest absolute Gasteiger partial charge is 0.175 e. The molecule has 68 valence electrons. The molecular weight excluding hydrogens is 342 g/mol. The first-order chi connectivity index (χ1) is 6.11. The molecule has 0 atom stereocenters. The van der Waals surface area contributed by atoms with Gasteiger partial charge in [0.05, 0.1) is 15.8 Å². The Morgan fingerprint density at radius 3 is 2.77 bits per heavy atom.